The van der Waals surface area contributed by atoms with Crippen LogP contribution in [0.5, 0.6) is 5.75 Å². The number of ether oxygens (including phenoxy) is 1. The van der Waals surface area contributed by atoms with Crippen LogP contribution in [-0.4, -0.2) is 11.2 Å². The summed E-state index contributed by atoms with van der Waals surface area (Å²) in [6.07, 6.45) is -2.12. The fourth-order valence-corrected chi connectivity index (χ4v) is 2.87. The Labute approximate surface area is 174 Å². The number of hydrogen-bond acceptors (Lipinski definition) is 4. The fourth-order valence-electron chi connectivity index (χ4n) is 2.36. The SMILES string of the molecule is Cc1ccc(COc2ccc(/C=N\Nc3ccc(C(F)(F)F)cn3)cc2Br)cc1. The second-order valence-electron chi connectivity index (χ2n) is 6.26. The Balaban J connectivity index is 1.57. The zero-order chi connectivity index (χ0) is 20.9. The van der Waals surface area contributed by atoms with Gasteiger partial charge < -0.3 is 4.74 Å². The molecule has 0 radical (unpaired) electrons. The van der Waals surface area contributed by atoms with Crippen LogP contribution < -0.4 is 10.2 Å². The Hall–Kier alpha value is -2.87. The maximum Gasteiger partial charge on any atom is 0.417 e. The van der Waals surface area contributed by atoms with E-state index in [9.17, 15) is 13.2 Å². The largest absolute Gasteiger partial charge is 0.488 e. The van der Waals surface area contributed by atoms with Gasteiger partial charge in [-0.25, -0.2) is 4.98 Å². The first-order valence-corrected chi connectivity index (χ1v) is 9.41. The molecule has 150 valence electrons. The molecule has 0 saturated carbocycles. The van der Waals surface area contributed by atoms with E-state index in [1.165, 1.54) is 17.8 Å². The number of benzene rings is 2. The van der Waals surface area contributed by atoms with Gasteiger partial charge in [0.2, 0.25) is 0 Å². The molecule has 0 bridgehead atoms. The van der Waals surface area contributed by atoms with Crippen LogP contribution in [0.15, 0.2) is 70.4 Å². The normalized spacial score (nSPS) is 11.6. The molecule has 3 aromatic rings. The van der Waals surface area contributed by atoms with Crippen molar-refractivity contribution < 1.29 is 17.9 Å². The highest BCUT2D eigenvalue weighted by atomic mass is 79.9. The van der Waals surface area contributed by atoms with E-state index in [1.54, 1.807) is 0 Å². The average molecular weight is 464 g/mol. The van der Waals surface area contributed by atoms with Crippen LogP contribution in [0.3, 0.4) is 0 Å². The molecule has 1 N–H and O–H groups in total. The lowest BCUT2D eigenvalue weighted by molar-refractivity contribution is -0.137. The second kappa shape index (κ2) is 9.09. The van der Waals surface area contributed by atoms with Crippen molar-refractivity contribution in [3.8, 4) is 5.75 Å². The van der Waals surface area contributed by atoms with Crippen LogP contribution in [0, 0.1) is 6.92 Å². The highest BCUT2D eigenvalue weighted by Gasteiger charge is 2.30. The molecular formula is C21H17BrF3N3O. The number of halogens is 4. The summed E-state index contributed by atoms with van der Waals surface area (Å²) in [7, 11) is 0. The predicted octanol–water partition coefficient (Wildman–Crippen LogP) is 6.20. The van der Waals surface area contributed by atoms with E-state index < -0.39 is 11.7 Å². The van der Waals surface area contributed by atoms with Crippen molar-refractivity contribution in [2.24, 2.45) is 5.10 Å². The lowest BCUT2D eigenvalue weighted by atomic mass is 10.2. The number of nitrogens with zero attached hydrogens (tertiary/aromatic N) is 2. The molecule has 8 heteroatoms. The summed E-state index contributed by atoms with van der Waals surface area (Å²) in [5.41, 5.74) is 4.83. The van der Waals surface area contributed by atoms with E-state index in [-0.39, 0.29) is 5.82 Å². The van der Waals surface area contributed by atoms with Crippen molar-refractivity contribution in [2.75, 3.05) is 5.43 Å². The van der Waals surface area contributed by atoms with Crippen LogP contribution in [0.1, 0.15) is 22.3 Å². The van der Waals surface area contributed by atoms with Gasteiger partial charge in [0.1, 0.15) is 18.2 Å². The Morgan fingerprint density at radius 2 is 1.86 bits per heavy atom. The van der Waals surface area contributed by atoms with Crippen LogP contribution >= 0.6 is 15.9 Å². The first-order chi connectivity index (χ1) is 13.8. The number of aryl methyl sites for hydroxylation is 1. The molecule has 4 nitrogen and oxygen atoms in total. The van der Waals surface area contributed by atoms with Crippen LogP contribution in [0.25, 0.3) is 0 Å². The summed E-state index contributed by atoms with van der Waals surface area (Å²) in [6, 6.07) is 15.7. The molecule has 0 aliphatic rings. The minimum absolute atomic E-state index is 0.214. The lowest BCUT2D eigenvalue weighted by Crippen LogP contribution is -2.05. The molecule has 0 atom stereocenters. The van der Waals surface area contributed by atoms with Crippen molar-refractivity contribution in [2.45, 2.75) is 19.7 Å². The van der Waals surface area contributed by atoms with Crippen molar-refractivity contribution in [1.29, 1.82) is 0 Å². The molecular weight excluding hydrogens is 447 g/mol. The molecule has 0 aliphatic heterocycles. The standard InChI is InChI=1S/C21H17BrF3N3O/c1-14-2-4-15(5-3-14)13-29-19-8-6-16(10-18(19)22)11-27-28-20-9-7-17(12-26-20)21(23,24)25/h2-12H,13H2,1H3,(H,26,28)/b27-11-. The van der Waals surface area contributed by atoms with Crippen LogP contribution in [-0.2, 0) is 12.8 Å². The van der Waals surface area contributed by atoms with Gasteiger partial charge in [-0.15, -0.1) is 0 Å². The van der Waals surface area contributed by atoms with E-state index in [0.29, 0.717) is 12.4 Å². The van der Waals surface area contributed by atoms with Gasteiger partial charge in [-0.3, -0.25) is 5.43 Å². The smallest absolute Gasteiger partial charge is 0.417 e. The summed E-state index contributed by atoms with van der Waals surface area (Å²) >= 11 is 3.47. The number of pyridine rings is 1. The Morgan fingerprint density at radius 1 is 1.10 bits per heavy atom. The van der Waals surface area contributed by atoms with Gasteiger partial charge in [0.25, 0.3) is 0 Å². The van der Waals surface area contributed by atoms with Gasteiger partial charge in [-0.2, -0.15) is 18.3 Å². The van der Waals surface area contributed by atoms with E-state index in [1.807, 2.05) is 49.4 Å². The summed E-state index contributed by atoms with van der Waals surface area (Å²) in [5, 5.41) is 4.00. The molecule has 1 aromatic heterocycles. The number of hydrogen-bond donors (Lipinski definition) is 1. The highest BCUT2D eigenvalue weighted by molar-refractivity contribution is 9.10. The lowest BCUT2D eigenvalue weighted by Gasteiger charge is -2.09. The molecule has 0 fully saturated rings. The summed E-state index contributed by atoms with van der Waals surface area (Å²) in [4.78, 5) is 3.69. The van der Waals surface area contributed by atoms with Crippen LogP contribution in [0.4, 0.5) is 19.0 Å². The maximum atomic E-state index is 12.5. The second-order valence-corrected chi connectivity index (χ2v) is 7.12. The van der Waals surface area contributed by atoms with E-state index in [4.69, 9.17) is 4.74 Å². The minimum Gasteiger partial charge on any atom is -0.488 e. The molecule has 0 amide bonds. The van der Waals surface area contributed by atoms with Gasteiger partial charge in [0, 0.05) is 6.20 Å². The monoisotopic (exact) mass is 463 g/mol. The molecule has 0 spiro atoms. The number of rotatable bonds is 6. The maximum absolute atomic E-state index is 12.5. The molecule has 0 unspecified atom stereocenters. The van der Waals surface area contributed by atoms with E-state index in [2.05, 4.69) is 31.4 Å². The summed E-state index contributed by atoms with van der Waals surface area (Å²) in [5.74, 6) is 0.909. The number of alkyl halides is 3. The molecule has 29 heavy (non-hydrogen) atoms. The van der Waals surface area contributed by atoms with Crippen molar-refractivity contribution in [3.63, 3.8) is 0 Å². The quantitative estimate of drug-likeness (QED) is 0.349. The number of hydrazone groups is 1. The zero-order valence-corrected chi connectivity index (χ0v) is 17.0. The highest BCUT2D eigenvalue weighted by Crippen LogP contribution is 2.29. The molecule has 0 aliphatic carbocycles. The Bertz CT molecular complexity index is 988. The minimum atomic E-state index is -4.41. The van der Waals surface area contributed by atoms with Gasteiger partial charge in [0.15, 0.2) is 0 Å². The molecule has 2 aromatic carbocycles. The Morgan fingerprint density at radius 3 is 2.48 bits per heavy atom. The Kier molecular flexibility index (Phi) is 6.53. The molecule has 3 rings (SSSR count). The first kappa shape index (κ1) is 20.9. The van der Waals surface area contributed by atoms with E-state index in [0.717, 1.165) is 27.9 Å². The summed E-state index contributed by atoms with van der Waals surface area (Å²) in [6.45, 7) is 2.48. The third-order valence-electron chi connectivity index (χ3n) is 3.95. The summed E-state index contributed by atoms with van der Waals surface area (Å²) < 4.78 is 44.2. The molecule has 1 heterocycles. The van der Waals surface area contributed by atoms with Crippen molar-refractivity contribution in [1.82, 2.24) is 4.98 Å². The van der Waals surface area contributed by atoms with Crippen molar-refractivity contribution >= 4 is 28.0 Å². The van der Waals surface area contributed by atoms with Crippen molar-refractivity contribution in [3.05, 3.63) is 87.5 Å². The third kappa shape index (κ3) is 6.05. The third-order valence-corrected chi connectivity index (χ3v) is 4.57. The van der Waals surface area contributed by atoms with Gasteiger partial charge in [-0.1, -0.05) is 29.8 Å². The van der Waals surface area contributed by atoms with Gasteiger partial charge in [0.05, 0.1) is 16.3 Å². The van der Waals surface area contributed by atoms with Gasteiger partial charge in [-0.05, 0) is 64.3 Å². The fraction of sp³-hybridized carbons (Fsp3) is 0.143. The number of anilines is 1. The van der Waals surface area contributed by atoms with Crippen LogP contribution in [0.2, 0.25) is 0 Å². The topological polar surface area (TPSA) is 46.5 Å². The van der Waals surface area contributed by atoms with E-state index >= 15 is 0 Å². The first-order valence-electron chi connectivity index (χ1n) is 8.61. The number of nitrogens with one attached hydrogen (secondary N) is 1. The average Bonchev–Trinajstić information content (AvgIpc) is 2.68. The predicted molar refractivity (Wildman–Crippen MR) is 110 cm³/mol. The number of aromatic nitrogens is 1. The molecule has 0 saturated heterocycles. The van der Waals surface area contributed by atoms with Gasteiger partial charge >= 0.3 is 6.18 Å². The zero-order valence-electron chi connectivity index (χ0n) is 15.4.